The van der Waals surface area contributed by atoms with Crippen molar-refractivity contribution in [1.82, 2.24) is 9.97 Å². The number of aromatic nitrogens is 2. The van der Waals surface area contributed by atoms with Crippen LogP contribution in [-0.4, -0.2) is 9.97 Å². The van der Waals surface area contributed by atoms with Gasteiger partial charge in [0, 0.05) is 11.6 Å². The molecule has 0 aliphatic carbocycles. The second kappa shape index (κ2) is 6.02. The predicted octanol–water partition coefficient (Wildman–Crippen LogP) is 5.77. The lowest BCUT2D eigenvalue weighted by Gasteiger charge is -2.08. The first kappa shape index (κ1) is 14.3. The van der Waals surface area contributed by atoms with Crippen LogP contribution in [0.4, 0.5) is 0 Å². The highest BCUT2D eigenvalue weighted by Gasteiger charge is 2.13. The van der Waals surface area contributed by atoms with E-state index in [1.807, 2.05) is 30.3 Å². The van der Waals surface area contributed by atoms with E-state index in [0.29, 0.717) is 26.6 Å². The average molecular weight is 336 g/mol. The third-order valence-electron chi connectivity index (χ3n) is 2.95. The summed E-state index contributed by atoms with van der Waals surface area (Å²) in [5.74, 6) is 0.414. The predicted molar refractivity (Wildman–Crippen MR) is 87.9 cm³/mol. The van der Waals surface area contributed by atoms with Gasteiger partial charge in [-0.2, -0.15) is 0 Å². The summed E-state index contributed by atoms with van der Waals surface area (Å²) in [6, 6.07) is 16.7. The van der Waals surface area contributed by atoms with E-state index in [4.69, 9.17) is 34.8 Å². The third kappa shape index (κ3) is 3.03. The van der Waals surface area contributed by atoms with Crippen LogP contribution in [0.25, 0.3) is 22.6 Å². The molecule has 0 bridgehead atoms. The SMILES string of the molecule is Clc1cc(-c2ccccc2)nc(-c2c(Cl)cccc2Cl)n1. The third-order valence-corrected chi connectivity index (χ3v) is 3.77. The molecular weight excluding hydrogens is 327 g/mol. The van der Waals surface area contributed by atoms with E-state index in [1.54, 1.807) is 24.3 Å². The normalized spacial score (nSPS) is 10.6. The van der Waals surface area contributed by atoms with Crippen LogP contribution >= 0.6 is 34.8 Å². The molecule has 2 nitrogen and oxygen atoms in total. The number of benzene rings is 2. The summed E-state index contributed by atoms with van der Waals surface area (Å²) in [7, 11) is 0. The Morgan fingerprint density at radius 1 is 0.714 bits per heavy atom. The largest absolute Gasteiger partial charge is 0.228 e. The summed E-state index contributed by atoms with van der Waals surface area (Å²) in [5, 5.41) is 1.32. The summed E-state index contributed by atoms with van der Waals surface area (Å²) in [4.78, 5) is 8.77. The maximum atomic E-state index is 6.21. The molecule has 0 N–H and O–H groups in total. The van der Waals surface area contributed by atoms with Gasteiger partial charge < -0.3 is 0 Å². The van der Waals surface area contributed by atoms with Gasteiger partial charge in [-0.3, -0.25) is 0 Å². The molecule has 0 saturated heterocycles. The lowest BCUT2D eigenvalue weighted by atomic mass is 10.1. The van der Waals surface area contributed by atoms with Crippen LogP contribution in [0, 0.1) is 0 Å². The van der Waals surface area contributed by atoms with Gasteiger partial charge in [-0.05, 0) is 12.1 Å². The van der Waals surface area contributed by atoms with Crippen molar-refractivity contribution in [1.29, 1.82) is 0 Å². The fraction of sp³-hybridized carbons (Fsp3) is 0. The van der Waals surface area contributed by atoms with Crippen LogP contribution in [0.5, 0.6) is 0 Å². The molecule has 0 aliphatic heterocycles. The van der Waals surface area contributed by atoms with Gasteiger partial charge in [-0.1, -0.05) is 71.2 Å². The molecule has 104 valence electrons. The molecule has 1 aromatic heterocycles. The maximum Gasteiger partial charge on any atom is 0.164 e. The molecule has 5 heteroatoms. The molecule has 0 aliphatic rings. The summed E-state index contributed by atoms with van der Waals surface area (Å²) < 4.78 is 0. The van der Waals surface area contributed by atoms with E-state index >= 15 is 0 Å². The molecule has 0 amide bonds. The average Bonchev–Trinajstić information content (AvgIpc) is 2.47. The second-order valence-corrected chi connectivity index (χ2v) is 5.56. The second-order valence-electron chi connectivity index (χ2n) is 4.36. The number of halogens is 3. The van der Waals surface area contributed by atoms with Crippen molar-refractivity contribution in [2.75, 3.05) is 0 Å². The molecule has 0 unspecified atom stereocenters. The Morgan fingerprint density at radius 2 is 1.38 bits per heavy atom. The fourth-order valence-electron chi connectivity index (χ4n) is 2.00. The molecule has 0 fully saturated rings. The number of rotatable bonds is 2. The molecule has 1 heterocycles. The van der Waals surface area contributed by atoms with E-state index in [9.17, 15) is 0 Å². The van der Waals surface area contributed by atoms with Crippen molar-refractivity contribution in [3.63, 3.8) is 0 Å². The first-order valence-corrected chi connectivity index (χ1v) is 7.33. The first-order chi connectivity index (χ1) is 10.1. The molecular formula is C16H9Cl3N2. The van der Waals surface area contributed by atoms with Crippen LogP contribution in [0.2, 0.25) is 15.2 Å². The fourth-order valence-corrected chi connectivity index (χ4v) is 2.75. The molecule has 0 radical (unpaired) electrons. The van der Waals surface area contributed by atoms with Gasteiger partial charge in [-0.25, -0.2) is 9.97 Å². The minimum Gasteiger partial charge on any atom is -0.228 e. The number of nitrogens with zero attached hydrogens (tertiary/aromatic N) is 2. The van der Waals surface area contributed by atoms with Gasteiger partial charge in [-0.15, -0.1) is 0 Å². The molecule has 21 heavy (non-hydrogen) atoms. The Bertz CT molecular complexity index is 769. The summed E-state index contributed by atoms with van der Waals surface area (Å²) in [5.41, 5.74) is 2.26. The summed E-state index contributed by atoms with van der Waals surface area (Å²) >= 11 is 18.5. The number of hydrogen-bond donors (Lipinski definition) is 0. The zero-order valence-electron chi connectivity index (χ0n) is 10.7. The maximum absolute atomic E-state index is 6.21. The minimum atomic E-state index is 0.342. The van der Waals surface area contributed by atoms with Crippen molar-refractivity contribution < 1.29 is 0 Å². The van der Waals surface area contributed by atoms with Gasteiger partial charge >= 0.3 is 0 Å². The lowest BCUT2D eigenvalue weighted by Crippen LogP contribution is -1.94. The number of hydrogen-bond acceptors (Lipinski definition) is 2. The summed E-state index contributed by atoms with van der Waals surface area (Å²) in [6.45, 7) is 0. The highest BCUT2D eigenvalue weighted by molar-refractivity contribution is 6.39. The smallest absolute Gasteiger partial charge is 0.164 e. The van der Waals surface area contributed by atoms with E-state index in [1.165, 1.54) is 0 Å². The van der Waals surface area contributed by atoms with Crippen molar-refractivity contribution in [3.8, 4) is 22.6 Å². The van der Waals surface area contributed by atoms with Crippen LogP contribution in [-0.2, 0) is 0 Å². The summed E-state index contributed by atoms with van der Waals surface area (Å²) in [6.07, 6.45) is 0. The van der Waals surface area contributed by atoms with Crippen LogP contribution in [0.15, 0.2) is 54.6 Å². The van der Waals surface area contributed by atoms with Crippen molar-refractivity contribution in [3.05, 3.63) is 69.8 Å². The van der Waals surface area contributed by atoms with Gasteiger partial charge in [0.15, 0.2) is 5.82 Å². The van der Waals surface area contributed by atoms with E-state index < -0.39 is 0 Å². The topological polar surface area (TPSA) is 25.8 Å². The Morgan fingerprint density at radius 3 is 2.05 bits per heavy atom. The van der Waals surface area contributed by atoms with Crippen LogP contribution in [0.3, 0.4) is 0 Å². The molecule has 2 aromatic carbocycles. The van der Waals surface area contributed by atoms with Crippen molar-refractivity contribution in [2.24, 2.45) is 0 Å². The molecule has 3 aromatic rings. The Kier molecular flexibility index (Phi) is 4.11. The lowest BCUT2D eigenvalue weighted by molar-refractivity contribution is 1.18. The van der Waals surface area contributed by atoms with Crippen LogP contribution in [0.1, 0.15) is 0 Å². The Hall–Kier alpha value is -1.61. The van der Waals surface area contributed by atoms with Gasteiger partial charge in [0.2, 0.25) is 0 Å². The zero-order chi connectivity index (χ0) is 14.8. The standard InChI is InChI=1S/C16H9Cl3N2/c17-11-7-4-8-12(18)15(11)16-20-13(9-14(19)21-16)10-5-2-1-3-6-10/h1-9H. The molecule has 0 saturated carbocycles. The Labute approximate surface area is 137 Å². The van der Waals surface area contributed by atoms with Gasteiger partial charge in [0.25, 0.3) is 0 Å². The van der Waals surface area contributed by atoms with Crippen LogP contribution < -0.4 is 0 Å². The molecule has 0 atom stereocenters. The van der Waals surface area contributed by atoms with E-state index in [2.05, 4.69) is 9.97 Å². The zero-order valence-corrected chi connectivity index (χ0v) is 13.0. The monoisotopic (exact) mass is 334 g/mol. The molecule has 0 spiro atoms. The quantitative estimate of drug-likeness (QED) is 0.555. The van der Waals surface area contributed by atoms with Gasteiger partial charge in [0.1, 0.15) is 5.15 Å². The minimum absolute atomic E-state index is 0.342. The molecule has 3 rings (SSSR count). The van der Waals surface area contributed by atoms with E-state index in [0.717, 1.165) is 11.3 Å². The highest BCUT2D eigenvalue weighted by atomic mass is 35.5. The van der Waals surface area contributed by atoms with Crippen molar-refractivity contribution >= 4 is 34.8 Å². The van der Waals surface area contributed by atoms with Gasteiger partial charge in [0.05, 0.1) is 21.3 Å². The van der Waals surface area contributed by atoms with E-state index in [-0.39, 0.29) is 0 Å². The Balaban J connectivity index is 2.19. The van der Waals surface area contributed by atoms with Crippen molar-refractivity contribution in [2.45, 2.75) is 0 Å². The highest BCUT2D eigenvalue weighted by Crippen LogP contribution is 2.34. The first-order valence-electron chi connectivity index (χ1n) is 6.19.